The molecule has 0 bridgehead atoms. The van der Waals surface area contributed by atoms with Gasteiger partial charge in [0.15, 0.2) is 0 Å². The minimum absolute atomic E-state index is 0. The van der Waals surface area contributed by atoms with Gasteiger partial charge in [0.25, 0.3) is 0 Å². The number of rotatable bonds is 5. The largest absolute Gasteiger partial charge is 0.369 e. The summed E-state index contributed by atoms with van der Waals surface area (Å²) in [5.41, 5.74) is 5.17. The number of carbonyl (C=O) groups excluding carboxylic acids is 1. The highest BCUT2D eigenvalue weighted by Gasteiger charge is 2.11. The third kappa shape index (κ3) is 6.17. The van der Waals surface area contributed by atoms with E-state index in [0.29, 0.717) is 0 Å². The molecule has 0 aliphatic carbocycles. The molecule has 68 valence electrons. The fraction of sp³-hybridized carbons (Fsp3) is 0.875. The van der Waals surface area contributed by atoms with Gasteiger partial charge in [-0.05, 0) is 12.8 Å². The molecule has 0 aromatic carbocycles. The van der Waals surface area contributed by atoms with Gasteiger partial charge in [-0.25, -0.2) is 0 Å². The van der Waals surface area contributed by atoms with Crippen LogP contribution in [0.1, 0.15) is 39.5 Å². The lowest BCUT2D eigenvalue weighted by Crippen LogP contribution is -2.22. The van der Waals surface area contributed by atoms with Crippen LogP contribution in [0.25, 0.3) is 0 Å². The summed E-state index contributed by atoms with van der Waals surface area (Å²) in [6.07, 6.45) is 3.99. The van der Waals surface area contributed by atoms with Gasteiger partial charge in [0.1, 0.15) is 0 Å². The van der Waals surface area contributed by atoms with Crippen LogP contribution >= 0.6 is 12.4 Å². The van der Waals surface area contributed by atoms with Crippen LogP contribution in [0.2, 0.25) is 0 Å². The summed E-state index contributed by atoms with van der Waals surface area (Å²) in [4.78, 5) is 10.7. The van der Waals surface area contributed by atoms with E-state index in [1.54, 1.807) is 0 Å². The molecule has 11 heavy (non-hydrogen) atoms. The van der Waals surface area contributed by atoms with E-state index in [1.165, 1.54) is 0 Å². The Hall–Kier alpha value is -0.240. The summed E-state index contributed by atoms with van der Waals surface area (Å²) in [7, 11) is 0. The number of nitrogens with two attached hydrogens (primary N) is 1. The van der Waals surface area contributed by atoms with E-state index >= 15 is 0 Å². The quantitative estimate of drug-likeness (QED) is 0.690. The lowest BCUT2D eigenvalue weighted by molar-refractivity contribution is -0.122. The van der Waals surface area contributed by atoms with Crippen LogP contribution in [-0.2, 0) is 4.79 Å². The van der Waals surface area contributed by atoms with E-state index in [2.05, 4.69) is 13.8 Å². The average molecular weight is 180 g/mol. The molecule has 0 aliphatic heterocycles. The molecule has 0 unspecified atom stereocenters. The normalized spacial score (nSPS) is 9.36. The van der Waals surface area contributed by atoms with Gasteiger partial charge in [-0.15, -0.1) is 12.4 Å². The van der Waals surface area contributed by atoms with Gasteiger partial charge in [-0.2, -0.15) is 0 Å². The maximum atomic E-state index is 10.7. The number of hydrogen-bond acceptors (Lipinski definition) is 1. The molecule has 1 amide bonds. The van der Waals surface area contributed by atoms with Gasteiger partial charge in [-0.3, -0.25) is 4.79 Å². The summed E-state index contributed by atoms with van der Waals surface area (Å²) < 4.78 is 0. The van der Waals surface area contributed by atoms with Crippen LogP contribution in [-0.4, -0.2) is 5.91 Å². The first kappa shape index (κ1) is 13.4. The molecule has 0 aromatic rings. The van der Waals surface area contributed by atoms with Gasteiger partial charge in [0, 0.05) is 5.92 Å². The third-order valence-electron chi connectivity index (χ3n) is 1.68. The molecule has 0 heterocycles. The van der Waals surface area contributed by atoms with Crippen molar-refractivity contribution in [1.29, 1.82) is 0 Å². The first-order valence-corrected chi connectivity index (χ1v) is 4.01. The predicted molar refractivity (Wildman–Crippen MR) is 49.7 cm³/mol. The van der Waals surface area contributed by atoms with E-state index in [1.807, 2.05) is 0 Å². The van der Waals surface area contributed by atoms with Crippen molar-refractivity contribution in [1.82, 2.24) is 0 Å². The first-order chi connectivity index (χ1) is 4.72. The minimum atomic E-state index is -0.135. The molecule has 0 fully saturated rings. The second kappa shape index (κ2) is 7.86. The van der Waals surface area contributed by atoms with Crippen LogP contribution < -0.4 is 5.73 Å². The second-order valence-electron chi connectivity index (χ2n) is 2.68. The summed E-state index contributed by atoms with van der Waals surface area (Å²) in [5, 5.41) is 0. The Bertz CT molecular complexity index is 100. The van der Waals surface area contributed by atoms with Crippen LogP contribution in [0.4, 0.5) is 0 Å². The number of halogens is 1. The van der Waals surface area contributed by atoms with Crippen LogP contribution in [0.3, 0.4) is 0 Å². The zero-order valence-corrected chi connectivity index (χ0v) is 8.12. The van der Waals surface area contributed by atoms with E-state index in [4.69, 9.17) is 5.73 Å². The fourth-order valence-electron chi connectivity index (χ4n) is 1.13. The Kier molecular flexibility index (Phi) is 9.55. The molecular weight excluding hydrogens is 162 g/mol. The van der Waals surface area contributed by atoms with Gasteiger partial charge in [0.05, 0.1) is 0 Å². The highest BCUT2D eigenvalue weighted by Crippen LogP contribution is 2.11. The SMILES string of the molecule is CCCC(CCC)C(N)=O.Cl. The molecule has 0 aromatic heterocycles. The molecule has 0 aliphatic rings. The van der Waals surface area contributed by atoms with Crippen molar-refractivity contribution in [2.24, 2.45) is 11.7 Å². The van der Waals surface area contributed by atoms with Crippen molar-refractivity contribution in [3.8, 4) is 0 Å². The van der Waals surface area contributed by atoms with Crippen molar-refractivity contribution >= 4 is 18.3 Å². The Morgan fingerprint density at radius 3 is 1.82 bits per heavy atom. The van der Waals surface area contributed by atoms with Crippen LogP contribution in [0.15, 0.2) is 0 Å². The number of amides is 1. The predicted octanol–water partition coefficient (Wildman–Crippen LogP) is 2.11. The molecule has 3 heteroatoms. The van der Waals surface area contributed by atoms with Gasteiger partial charge in [-0.1, -0.05) is 26.7 Å². The van der Waals surface area contributed by atoms with Crippen LogP contribution in [0.5, 0.6) is 0 Å². The summed E-state index contributed by atoms with van der Waals surface area (Å²) in [6, 6.07) is 0. The summed E-state index contributed by atoms with van der Waals surface area (Å²) in [6.45, 7) is 4.15. The Balaban J connectivity index is 0. The van der Waals surface area contributed by atoms with Crippen LogP contribution in [0, 0.1) is 5.92 Å². The monoisotopic (exact) mass is 179 g/mol. The fourth-order valence-corrected chi connectivity index (χ4v) is 1.13. The molecule has 0 rings (SSSR count). The second-order valence-corrected chi connectivity index (χ2v) is 2.68. The summed E-state index contributed by atoms with van der Waals surface area (Å²) in [5.74, 6) is -0.0151. The molecule has 2 N–H and O–H groups in total. The minimum Gasteiger partial charge on any atom is -0.369 e. The Labute approximate surface area is 74.9 Å². The van der Waals surface area contributed by atoms with Crippen molar-refractivity contribution < 1.29 is 4.79 Å². The van der Waals surface area contributed by atoms with E-state index in [0.717, 1.165) is 25.7 Å². The zero-order valence-electron chi connectivity index (χ0n) is 7.30. The number of hydrogen-bond donors (Lipinski definition) is 1. The topological polar surface area (TPSA) is 43.1 Å². The molecule has 0 radical (unpaired) electrons. The number of carbonyl (C=O) groups is 1. The Morgan fingerprint density at radius 2 is 1.64 bits per heavy atom. The standard InChI is InChI=1S/C8H17NO.ClH/c1-3-5-7(6-4-2)8(9)10;/h7H,3-6H2,1-2H3,(H2,9,10);1H. The highest BCUT2D eigenvalue weighted by molar-refractivity contribution is 5.85. The third-order valence-corrected chi connectivity index (χ3v) is 1.68. The smallest absolute Gasteiger partial charge is 0.220 e. The molecule has 0 saturated carbocycles. The highest BCUT2D eigenvalue weighted by atomic mass is 35.5. The Morgan fingerprint density at radius 1 is 1.27 bits per heavy atom. The van der Waals surface area contributed by atoms with E-state index < -0.39 is 0 Å². The van der Waals surface area contributed by atoms with E-state index in [-0.39, 0.29) is 24.2 Å². The molecular formula is C8H18ClNO. The molecule has 2 nitrogen and oxygen atoms in total. The number of primary amides is 1. The molecule has 0 spiro atoms. The first-order valence-electron chi connectivity index (χ1n) is 4.01. The zero-order chi connectivity index (χ0) is 7.98. The van der Waals surface area contributed by atoms with Crippen molar-refractivity contribution in [3.63, 3.8) is 0 Å². The van der Waals surface area contributed by atoms with Crippen molar-refractivity contribution in [2.45, 2.75) is 39.5 Å². The van der Waals surface area contributed by atoms with E-state index in [9.17, 15) is 4.79 Å². The van der Waals surface area contributed by atoms with Gasteiger partial charge >= 0.3 is 0 Å². The van der Waals surface area contributed by atoms with Crippen molar-refractivity contribution in [3.05, 3.63) is 0 Å². The summed E-state index contributed by atoms with van der Waals surface area (Å²) >= 11 is 0. The van der Waals surface area contributed by atoms with Crippen molar-refractivity contribution in [2.75, 3.05) is 0 Å². The lowest BCUT2D eigenvalue weighted by atomic mass is 9.98. The van der Waals surface area contributed by atoms with Gasteiger partial charge < -0.3 is 5.73 Å². The maximum Gasteiger partial charge on any atom is 0.220 e. The lowest BCUT2D eigenvalue weighted by Gasteiger charge is -2.09. The maximum absolute atomic E-state index is 10.7. The molecule has 0 saturated heterocycles. The average Bonchev–Trinajstić information content (AvgIpc) is 1.87. The van der Waals surface area contributed by atoms with Gasteiger partial charge in [0.2, 0.25) is 5.91 Å². The molecule has 0 atom stereocenters.